The number of carbonyl (C=O) groups is 1. The molecule has 1 aliphatic heterocycles. The Morgan fingerprint density at radius 1 is 1.13 bits per heavy atom. The predicted octanol–water partition coefficient (Wildman–Crippen LogP) is 1.86. The van der Waals surface area contributed by atoms with Gasteiger partial charge in [0.2, 0.25) is 5.91 Å². The lowest BCUT2D eigenvalue weighted by Gasteiger charge is -2.36. The summed E-state index contributed by atoms with van der Waals surface area (Å²) in [4.78, 5) is 19.1. The van der Waals surface area contributed by atoms with Gasteiger partial charge in [0.15, 0.2) is 0 Å². The Kier molecular flexibility index (Phi) is 3.42. The van der Waals surface area contributed by atoms with Crippen LogP contribution < -0.4 is 0 Å². The highest BCUT2D eigenvalue weighted by atomic mass is 16.2. The maximum Gasteiger partial charge on any atom is 0.245 e. The number of aromatic nitrogens is 4. The number of carbonyl (C=O) groups excluding carboxylic acids is 1. The van der Waals surface area contributed by atoms with Crippen LogP contribution in [0.4, 0.5) is 0 Å². The molecule has 0 spiro atoms. The summed E-state index contributed by atoms with van der Waals surface area (Å²) in [7, 11) is 0. The van der Waals surface area contributed by atoms with E-state index < -0.39 is 0 Å². The molecule has 0 aliphatic carbocycles. The molecule has 0 N–H and O–H groups in total. The zero-order chi connectivity index (χ0) is 15.6. The normalized spacial score (nSPS) is 17.0. The quantitative estimate of drug-likeness (QED) is 0.742. The lowest BCUT2D eigenvalue weighted by atomic mass is 10.0. The van der Waals surface area contributed by atoms with Crippen molar-refractivity contribution in [3.63, 3.8) is 0 Å². The number of amides is 1. The van der Waals surface area contributed by atoms with Gasteiger partial charge in [0, 0.05) is 31.3 Å². The maximum atomic E-state index is 12.8. The van der Waals surface area contributed by atoms with Crippen LogP contribution >= 0.6 is 0 Å². The van der Waals surface area contributed by atoms with E-state index in [0.29, 0.717) is 6.54 Å². The molecule has 1 aliphatic rings. The second-order valence-electron chi connectivity index (χ2n) is 5.65. The Balaban J connectivity index is 1.65. The monoisotopic (exact) mass is 307 g/mol. The van der Waals surface area contributed by atoms with Crippen LogP contribution in [0.2, 0.25) is 0 Å². The fourth-order valence-corrected chi connectivity index (χ4v) is 3.05. The molecule has 1 unspecified atom stereocenters. The summed E-state index contributed by atoms with van der Waals surface area (Å²) in [6.07, 6.45) is 7.25. The van der Waals surface area contributed by atoms with Gasteiger partial charge in [-0.15, -0.1) is 0 Å². The number of hydrogen-bond acceptors (Lipinski definition) is 3. The molecule has 0 saturated carbocycles. The molecule has 3 heterocycles. The Morgan fingerprint density at radius 3 is 2.78 bits per heavy atom. The summed E-state index contributed by atoms with van der Waals surface area (Å²) >= 11 is 0. The molecule has 0 bridgehead atoms. The van der Waals surface area contributed by atoms with Gasteiger partial charge in [0.05, 0.1) is 12.6 Å². The molecule has 2 aromatic heterocycles. The van der Waals surface area contributed by atoms with E-state index >= 15 is 0 Å². The molecule has 116 valence electrons. The van der Waals surface area contributed by atoms with Crippen LogP contribution in [0.3, 0.4) is 0 Å². The second kappa shape index (κ2) is 5.72. The molecule has 0 saturated heterocycles. The molecular formula is C17H17N5O. The highest BCUT2D eigenvalue weighted by Crippen LogP contribution is 2.29. The van der Waals surface area contributed by atoms with Crippen molar-refractivity contribution < 1.29 is 4.79 Å². The molecule has 6 nitrogen and oxygen atoms in total. The predicted molar refractivity (Wildman–Crippen MR) is 84.2 cm³/mol. The summed E-state index contributed by atoms with van der Waals surface area (Å²) < 4.78 is 3.78. The first-order valence-corrected chi connectivity index (χ1v) is 7.63. The summed E-state index contributed by atoms with van der Waals surface area (Å²) in [5.41, 5.74) is 1.14. The van der Waals surface area contributed by atoms with Crippen molar-refractivity contribution in [2.75, 3.05) is 0 Å². The number of fused-ring (bicyclic) bond motifs is 1. The summed E-state index contributed by atoms with van der Waals surface area (Å²) in [5.74, 6) is 0.975. The third kappa shape index (κ3) is 2.63. The first kappa shape index (κ1) is 13.8. The van der Waals surface area contributed by atoms with Crippen molar-refractivity contribution in [1.29, 1.82) is 0 Å². The van der Waals surface area contributed by atoms with E-state index in [-0.39, 0.29) is 18.5 Å². The van der Waals surface area contributed by atoms with Gasteiger partial charge in [-0.05, 0) is 11.6 Å². The maximum absolute atomic E-state index is 12.8. The van der Waals surface area contributed by atoms with Crippen molar-refractivity contribution in [3.05, 3.63) is 72.6 Å². The van der Waals surface area contributed by atoms with Crippen LogP contribution in [0.25, 0.3) is 0 Å². The van der Waals surface area contributed by atoms with Gasteiger partial charge < -0.3 is 9.47 Å². The van der Waals surface area contributed by atoms with Crippen molar-refractivity contribution in [3.8, 4) is 0 Å². The van der Waals surface area contributed by atoms with E-state index in [9.17, 15) is 4.79 Å². The van der Waals surface area contributed by atoms with Gasteiger partial charge in [-0.3, -0.25) is 9.48 Å². The molecule has 0 radical (unpaired) electrons. The van der Waals surface area contributed by atoms with E-state index in [1.807, 2.05) is 35.4 Å². The molecule has 4 rings (SSSR count). The number of nitrogens with zero attached hydrogens (tertiary/aromatic N) is 5. The third-order valence-electron chi connectivity index (χ3n) is 4.22. The third-order valence-corrected chi connectivity index (χ3v) is 4.22. The largest absolute Gasteiger partial charge is 0.331 e. The standard InChI is InChI=1S/C17H17N5O/c23-17(13-21-9-4-7-19-21)22-12-16-18-8-10-20(16)11-15(22)14-5-2-1-3-6-14/h1-10,15H,11-13H2. The molecule has 1 aromatic carbocycles. The van der Waals surface area contributed by atoms with Crippen LogP contribution in [-0.4, -0.2) is 30.1 Å². The van der Waals surface area contributed by atoms with E-state index in [1.54, 1.807) is 23.3 Å². The average molecular weight is 307 g/mol. The number of hydrogen-bond donors (Lipinski definition) is 0. The summed E-state index contributed by atoms with van der Waals surface area (Å²) in [6.45, 7) is 1.49. The van der Waals surface area contributed by atoms with Gasteiger partial charge >= 0.3 is 0 Å². The van der Waals surface area contributed by atoms with Gasteiger partial charge in [-0.1, -0.05) is 30.3 Å². The van der Waals surface area contributed by atoms with Gasteiger partial charge in [0.25, 0.3) is 0 Å². The van der Waals surface area contributed by atoms with Gasteiger partial charge in [-0.2, -0.15) is 5.10 Å². The van der Waals surface area contributed by atoms with Crippen LogP contribution in [0.1, 0.15) is 17.4 Å². The minimum atomic E-state index is 0.0148. The molecule has 3 aromatic rings. The summed E-state index contributed by atoms with van der Waals surface area (Å²) in [6, 6.07) is 12.0. The second-order valence-corrected chi connectivity index (χ2v) is 5.65. The molecule has 6 heteroatoms. The first-order chi connectivity index (χ1) is 11.3. The number of benzene rings is 1. The lowest BCUT2D eigenvalue weighted by Crippen LogP contribution is -2.42. The van der Waals surface area contributed by atoms with Crippen LogP contribution in [0.5, 0.6) is 0 Å². The van der Waals surface area contributed by atoms with Crippen molar-refractivity contribution in [2.24, 2.45) is 0 Å². The fraction of sp³-hybridized carbons (Fsp3) is 0.235. The van der Waals surface area contributed by atoms with E-state index in [2.05, 4.69) is 26.8 Å². The first-order valence-electron chi connectivity index (χ1n) is 7.63. The van der Waals surface area contributed by atoms with Crippen LogP contribution in [-0.2, 0) is 24.4 Å². The van der Waals surface area contributed by atoms with Gasteiger partial charge in [-0.25, -0.2) is 4.98 Å². The Morgan fingerprint density at radius 2 is 2.00 bits per heavy atom. The van der Waals surface area contributed by atoms with Crippen LogP contribution in [0, 0.1) is 0 Å². The fourth-order valence-electron chi connectivity index (χ4n) is 3.05. The highest BCUT2D eigenvalue weighted by molar-refractivity contribution is 5.76. The van der Waals surface area contributed by atoms with Crippen molar-refractivity contribution >= 4 is 5.91 Å². The SMILES string of the molecule is O=C(Cn1cccn1)N1Cc2nccn2CC1c1ccccc1. The van der Waals surface area contributed by atoms with E-state index in [1.165, 1.54) is 0 Å². The minimum Gasteiger partial charge on any atom is -0.331 e. The Bertz CT molecular complexity index is 794. The molecule has 1 amide bonds. The summed E-state index contributed by atoms with van der Waals surface area (Å²) in [5, 5.41) is 4.13. The van der Waals surface area contributed by atoms with Crippen molar-refractivity contribution in [1.82, 2.24) is 24.2 Å². The topological polar surface area (TPSA) is 56.0 Å². The number of imidazole rings is 1. The highest BCUT2D eigenvalue weighted by Gasteiger charge is 2.31. The molecule has 0 fully saturated rings. The zero-order valence-electron chi connectivity index (χ0n) is 12.6. The smallest absolute Gasteiger partial charge is 0.245 e. The van der Waals surface area contributed by atoms with E-state index in [0.717, 1.165) is 17.9 Å². The minimum absolute atomic E-state index is 0.0148. The molecule has 1 atom stereocenters. The Labute approximate surface area is 134 Å². The van der Waals surface area contributed by atoms with Crippen molar-refractivity contribution in [2.45, 2.75) is 25.7 Å². The average Bonchev–Trinajstić information content (AvgIpc) is 3.25. The van der Waals surface area contributed by atoms with E-state index in [4.69, 9.17) is 0 Å². The number of rotatable bonds is 3. The van der Waals surface area contributed by atoms with Crippen LogP contribution in [0.15, 0.2) is 61.2 Å². The molecular weight excluding hydrogens is 290 g/mol. The zero-order valence-corrected chi connectivity index (χ0v) is 12.6. The van der Waals surface area contributed by atoms with Gasteiger partial charge in [0.1, 0.15) is 12.4 Å². The lowest BCUT2D eigenvalue weighted by molar-refractivity contribution is -0.136. The molecule has 23 heavy (non-hydrogen) atoms. The Hall–Kier alpha value is -2.89.